The summed E-state index contributed by atoms with van der Waals surface area (Å²) in [6.07, 6.45) is 1.81. The summed E-state index contributed by atoms with van der Waals surface area (Å²) in [4.78, 5) is 18.0. The molecular formula is C23H22F3N5O3. The van der Waals surface area contributed by atoms with Gasteiger partial charge in [0.1, 0.15) is 17.1 Å². The molecule has 178 valence electrons. The molecule has 0 radical (unpaired) electrons. The maximum atomic E-state index is 13.5. The first kappa shape index (κ1) is 23.3. The van der Waals surface area contributed by atoms with Gasteiger partial charge in [-0.15, -0.1) is 0 Å². The fourth-order valence-electron chi connectivity index (χ4n) is 3.67. The smallest absolute Gasteiger partial charge is 0.421 e. The third-order valence-corrected chi connectivity index (χ3v) is 5.40. The fourth-order valence-corrected chi connectivity index (χ4v) is 3.67. The molecule has 0 aliphatic heterocycles. The summed E-state index contributed by atoms with van der Waals surface area (Å²) in [6.45, 7) is 0. The van der Waals surface area contributed by atoms with E-state index < -0.39 is 22.5 Å². The van der Waals surface area contributed by atoms with Gasteiger partial charge in [-0.05, 0) is 62.1 Å². The van der Waals surface area contributed by atoms with Gasteiger partial charge in [-0.25, -0.2) is 4.98 Å². The average molecular weight is 473 g/mol. The van der Waals surface area contributed by atoms with Crippen LogP contribution >= 0.6 is 0 Å². The molecule has 8 nitrogen and oxygen atoms in total. The molecule has 0 saturated heterocycles. The lowest BCUT2D eigenvalue weighted by Crippen LogP contribution is -2.19. The van der Waals surface area contributed by atoms with Crippen molar-refractivity contribution in [1.29, 1.82) is 0 Å². The number of nitrogens with zero attached hydrogens (tertiary/aromatic N) is 3. The second kappa shape index (κ2) is 9.94. The monoisotopic (exact) mass is 473 g/mol. The van der Waals surface area contributed by atoms with Crippen molar-refractivity contribution in [3.05, 3.63) is 70.4 Å². The lowest BCUT2D eigenvalue weighted by Gasteiger charge is -2.23. The zero-order valence-electron chi connectivity index (χ0n) is 18.0. The molecule has 4 rings (SSSR count). The van der Waals surface area contributed by atoms with Crippen LogP contribution in [0.15, 0.2) is 54.7 Å². The number of nitro groups is 1. The molecule has 3 aromatic rings. The quantitative estimate of drug-likeness (QED) is 0.294. The number of benzene rings is 2. The van der Waals surface area contributed by atoms with Crippen LogP contribution in [0, 0.1) is 10.1 Å². The Hall–Kier alpha value is -3.89. The lowest BCUT2D eigenvalue weighted by atomic mass is 9.98. The van der Waals surface area contributed by atoms with Gasteiger partial charge in [0.05, 0.1) is 11.0 Å². The minimum absolute atomic E-state index is 0.0432. The van der Waals surface area contributed by atoms with Gasteiger partial charge in [-0.2, -0.15) is 18.2 Å². The van der Waals surface area contributed by atoms with Crippen molar-refractivity contribution in [2.75, 3.05) is 10.6 Å². The number of hydrogen-bond donors (Lipinski definition) is 2. The van der Waals surface area contributed by atoms with E-state index in [0.29, 0.717) is 11.9 Å². The Balaban J connectivity index is 1.50. The van der Waals surface area contributed by atoms with Crippen LogP contribution in [0.4, 0.5) is 42.0 Å². The molecule has 0 spiro atoms. The minimum atomic E-state index is -4.69. The zero-order chi connectivity index (χ0) is 24.1. The Morgan fingerprint density at radius 3 is 2.18 bits per heavy atom. The van der Waals surface area contributed by atoms with E-state index in [9.17, 15) is 23.3 Å². The molecule has 1 heterocycles. The molecule has 0 unspecified atom stereocenters. The van der Waals surface area contributed by atoms with E-state index in [2.05, 4.69) is 20.6 Å². The maximum absolute atomic E-state index is 13.5. The first-order chi connectivity index (χ1) is 16.3. The highest BCUT2D eigenvalue weighted by atomic mass is 19.4. The number of hydrogen-bond acceptors (Lipinski definition) is 7. The number of ether oxygens (including phenoxy) is 1. The van der Waals surface area contributed by atoms with E-state index in [-0.39, 0.29) is 23.4 Å². The number of anilines is 4. The van der Waals surface area contributed by atoms with Crippen LogP contribution in [0.2, 0.25) is 0 Å². The summed E-state index contributed by atoms with van der Waals surface area (Å²) in [7, 11) is 0. The molecule has 0 atom stereocenters. The SMILES string of the molecule is O=[N+]([O-])c1ccc(Nc2nc(Nc3ccc(OC4CCCCC4)cc3)ncc2C(F)(F)F)cc1. The molecule has 11 heteroatoms. The van der Waals surface area contributed by atoms with Crippen LogP contribution in [0.5, 0.6) is 5.75 Å². The Morgan fingerprint density at radius 1 is 0.941 bits per heavy atom. The second-order valence-corrected chi connectivity index (χ2v) is 7.91. The normalized spacial score (nSPS) is 14.4. The van der Waals surface area contributed by atoms with Crippen LogP contribution in [0.3, 0.4) is 0 Å². The number of nitro benzene ring substituents is 1. The van der Waals surface area contributed by atoms with Gasteiger partial charge in [0, 0.05) is 29.7 Å². The lowest BCUT2D eigenvalue weighted by molar-refractivity contribution is -0.384. The molecule has 1 aliphatic carbocycles. The molecule has 2 aromatic carbocycles. The van der Waals surface area contributed by atoms with Gasteiger partial charge >= 0.3 is 6.18 Å². The summed E-state index contributed by atoms with van der Waals surface area (Å²) >= 11 is 0. The van der Waals surface area contributed by atoms with Gasteiger partial charge in [-0.1, -0.05) is 6.42 Å². The highest BCUT2D eigenvalue weighted by molar-refractivity contribution is 5.64. The molecule has 34 heavy (non-hydrogen) atoms. The average Bonchev–Trinajstić information content (AvgIpc) is 2.81. The van der Waals surface area contributed by atoms with Crippen LogP contribution < -0.4 is 15.4 Å². The van der Waals surface area contributed by atoms with Gasteiger partial charge in [0.15, 0.2) is 0 Å². The van der Waals surface area contributed by atoms with Crippen molar-refractivity contribution < 1.29 is 22.8 Å². The van der Waals surface area contributed by atoms with E-state index >= 15 is 0 Å². The highest BCUT2D eigenvalue weighted by Crippen LogP contribution is 2.35. The molecule has 0 bridgehead atoms. The van der Waals surface area contributed by atoms with Gasteiger partial charge in [-0.3, -0.25) is 10.1 Å². The molecule has 1 aromatic heterocycles. The van der Waals surface area contributed by atoms with Gasteiger partial charge < -0.3 is 15.4 Å². The van der Waals surface area contributed by atoms with Crippen LogP contribution in [-0.4, -0.2) is 21.0 Å². The van der Waals surface area contributed by atoms with E-state index in [0.717, 1.165) is 31.4 Å². The maximum Gasteiger partial charge on any atom is 0.421 e. The Bertz CT molecular complexity index is 1130. The summed E-state index contributed by atoms with van der Waals surface area (Å²) in [6, 6.07) is 12.0. The molecule has 1 saturated carbocycles. The molecular weight excluding hydrogens is 451 g/mol. The van der Waals surface area contributed by atoms with Crippen LogP contribution in [0.1, 0.15) is 37.7 Å². The van der Waals surface area contributed by atoms with Crippen LogP contribution in [-0.2, 0) is 6.18 Å². The fraction of sp³-hybridized carbons (Fsp3) is 0.304. The standard InChI is InChI=1S/C23H22F3N5O3/c24-23(25,26)20-14-27-22(30-21(20)28-15-6-10-17(11-7-15)31(32)33)29-16-8-12-19(13-9-16)34-18-4-2-1-3-5-18/h6-14,18H,1-5H2,(H2,27,28,29,30). The zero-order valence-corrected chi connectivity index (χ0v) is 18.0. The Labute approximate surface area is 193 Å². The van der Waals surface area contributed by atoms with Crippen molar-refractivity contribution >= 4 is 28.8 Å². The third-order valence-electron chi connectivity index (χ3n) is 5.40. The molecule has 0 amide bonds. The first-order valence-corrected chi connectivity index (χ1v) is 10.8. The Kier molecular flexibility index (Phi) is 6.80. The van der Waals surface area contributed by atoms with Crippen molar-refractivity contribution in [3.63, 3.8) is 0 Å². The van der Waals surface area contributed by atoms with E-state index in [1.54, 1.807) is 24.3 Å². The molecule has 1 aliphatic rings. The van der Waals surface area contributed by atoms with Crippen LogP contribution in [0.25, 0.3) is 0 Å². The minimum Gasteiger partial charge on any atom is -0.490 e. The number of aromatic nitrogens is 2. The van der Waals surface area contributed by atoms with Crippen molar-refractivity contribution in [2.24, 2.45) is 0 Å². The largest absolute Gasteiger partial charge is 0.490 e. The number of rotatable bonds is 7. The number of nitrogens with one attached hydrogen (secondary N) is 2. The van der Waals surface area contributed by atoms with Crippen molar-refractivity contribution in [2.45, 2.75) is 44.4 Å². The summed E-state index contributed by atoms with van der Waals surface area (Å²) in [5, 5.41) is 16.3. The first-order valence-electron chi connectivity index (χ1n) is 10.8. The van der Waals surface area contributed by atoms with Crippen molar-refractivity contribution in [1.82, 2.24) is 9.97 Å². The van der Waals surface area contributed by atoms with E-state index in [1.807, 2.05) is 0 Å². The van der Waals surface area contributed by atoms with Gasteiger partial charge in [0.2, 0.25) is 5.95 Å². The van der Waals surface area contributed by atoms with E-state index in [1.165, 1.54) is 30.7 Å². The predicted molar refractivity (Wildman–Crippen MR) is 121 cm³/mol. The summed E-state index contributed by atoms with van der Waals surface area (Å²) < 4.78 is 46.4. The third kappa shape index (κ3) is 5.91. The number of halogens is 3. The van der Waals surface area contributed by atoms with Gasteiger partial charge in [0.25, 0.3) is 5.69 Å². The Morgan fingerprint density at radius 2 is 1.56 bits per heavy atom. The predicted octanol–water partition coefficient (Wildman–Crippen LogP) is 6.60. The summed E-state index contributed by atoms with van der Waals surface area (Å²) in [5.74, 6) is 0.209. The van der Waals surface area contributed by atoms with E-state index in [4.69, 9.17) is 4.74 Å². The second-order valence-electron chi connectivity index (χ2n) is 7.91. The number of alkyl halides is 3. The molecule has 2 N–H and O–H groups in total. The van der Waals surface area contributed by atoms with Crippen molar-refractivity contribution in [3.8, 4) is 5.75 Å². The summed E-state index contributed by atoms with van der Waals surface area (Å²) in [5.41, 5.74) is -0.447. The topological polar surface area (TPSA) is 102 Å². The number of non-ortho nitro benzene ring substituents is 1. The highest BCUT2D eigenvalue weighted by Gasteiger charge is 2.35. The molecule has 1 fully saturated rings.